The fraction of sp³-hybridized carbons (Fsp3) is 0.143. The summed E-state index contributed by atoms with van der Waals surface area (Å²) in [5, 5.41) is 0.614. The number of hydrogen-bond acceptors (Lipinski definition) is 3. The first kappa shape index (κ1) is 12.6. The molecule has 0 radical (unpaired) electrons. The van der Waals surface area contributed by atoms with Crippen LogP contribution in [0.4, 0.5) is 5.69 Å². The molecule has 0 unspecified atom stereocenters. The molecule has 2 aromatic rings. The molecule has 94 valence electrons. The highest BCUT2D eigenvalue weighted by atomic mass is 35.5. The van der Waals surface area contributed by atoms with Gasteiger partial charge >= 0.3 is 0 Å². The average Bonchev–Trinajstić information content (AvgIpc) is 2.38. The van der Waals surface area contributed by atoms with Crippen LogP contribution in [0.15, 0.2) is 42.5 Å². The lowest BCUT2D eigenvalue weighted by Crippen LogP contribution is -1.97. The van der Waals surface area contributed by atoms with Crippen molar-refractivity contribution < 1.29 is 9.47 Å². The average molecular weight is 264 g/mol. The molecule has 3 nitrogen and oxygen atoms in total. The predicted octanol–water partition coefficient (Wildman–Crippen LogP) is 3.51. The highest BCUT2D eigenvalue weighted by molar-refractivity contribution is 6.31. The van der Waals surface area contributed by atoms with E-state index in [-0.39, 0.29) is 0 Å². The van der Waals surface area contributed by atoms with Crippen LogP contribution in [0.3, 0.4) is 0 Å². The quantitative estimate of drug-likeness (QED) is 0.859. The smallest absolute Gasteiger partial charge is 0.120 e. The molecule has 0 aliphatic rings. The van der Waals surface area contributed by atoms with E-state index in [9.17, 15) is 0 Å². The molecule has 0 heterocycles. The zero-order valence-electron chi connectivity index (χ0n) is 10.0. The van der Waals surface area contributed by atoms with Gasteiger partial charge in [0.15, 0.2) is 0 Å². The Bertz CT molecular complexity index is 526. The molecule has 0 aromatic heterocycles. The third-order valence-corrected chi connectivity index (χ3v) is 2.88. The van der Waals surface area contributed by atoms with E-state index in [0.717, 1.165) is 17.1 Å². The molecular formula is C14H14ClNO2. The van der Waals surface area contributed by atoms with Crippen molar-refractivity contribution in [3.63, 3.8) is 0 Å². The first-order chi connectivity index (χ1) is 8.69. The molecule has 0 atom stereocenters. The van der Waals surface area contributed by atoms with Gasteiger partial charge in [-0.1, -0.05) is 17.7 Å². The second kappa shape index (κ2) is 5.65. The standard InChI is InChI=1S/C14H14ClNO2/c1-17-12-4-6-13(7-5-12)18-9-10-2-3-11(16)8-14(10)15/h2-8H,9,16H2,1H3. The summed E-state index contributed by atoms with van der Waals surface area (Å²) in [5.74, 6) is 1.57. The Balaban J connectivity index is 2.02. The molecule has 2 aromatic carbocycles. The second-order valence-electron chi connectivity index (χ2n) is 3.82. The molecule has 0 aliphatic carbocycles. The molecule has 0 saturated heterocycles. The predicted molar refractivity (Wildman–Crippen MR) is 73.2 cm³/mol. The van der Waals surface area contributed by atoms with E-state index in [1.165, 1.54) is 0 Å². The first-order valence-corrected chi connectivity index (χ1v) is 5.87. The minimum atomic E-state index is 0.408. The largest absolute Gasteiger partial charge is 0.497 e. The van der Waals surface area contributed by atoms with Crippen molar-refractivity contribution in [1.29, 1.82) is 0 Å². The molecule has 18 heavy (non-hydrogen) atoms. The van der Waals surface area contributed by atoms with Crippen LogP contribution >= 0.6 is 11.6 Å². The van der Waals surface area contributed by atoms with Gasteiger partial charge in [-0.15, -0.1) is 0 Å². The zero-order chi connectivity index (χ0) is 13.0. The van der Waals surface area contributed by atoms with Crippen LogP contribution in [0, 0.1) is 0 Å². The lowest BCUT2D eigenvalue weighted by Gasteiger charge is -2.09. The Morgan fingerprint density at radius 3 is 2.33 bits per heavy atom. The number of halogens is 1. The van der Waals surface area contributed by atoms with Gasteiger partial charge in [0.1, 0.15) is 18.1 Å². The molecular weight excluding hydrogens is 250 g/mol. The van der Waals surface area contributed by atoms with Gasteiger partial charge in [-0.3, -0.25) is 0 Å². The van der Waals surface area contributed by atoms with E-state index in [4.69, 9.17) is 26.8 Å². The summed E-state index contributed by atoms with van der Waals surface area (Å²) in [5.41, 5.74) is 7.18. The van der Waals surface area contributed by atoms with Gasteiger partial charge in [0.2, 0.25) is 0 Å². The Morgan fingerprint density at radius 2 is 1.72 bits per heavy atom. The van der Waals surface area contributed by atoms with Crippen molar-refractivity contribution in [2.75, 3.05) is 12.8 Å². The van der Waals surface area contributed by atoms with E-state index in [1.54, 1.807) is 19.2 Å². The summed E-state index contributed by atoms with van der Waals surface area (Å²) in [6.07, 6.45) is 0. The summed E-state index contributed by atoms with van der Waals surface area (Å²) < 4.78 is 10.7. The zero-order valence-corrected chi connectivity index (χ0v) is 10.8. The Hall–Kier alpha value is -1.87. The number of hydrogen-bond donors (Lipinski definition) is 1. The lowest BCUT2D eigenvalue weighted by atomic mass is 10.2. The number of methoxy groups -OCH3 is 1. The first-order valence-electron chi connectivity index (χ1n) is 5.50. The summed E-state index contributed by atoms with van der Waals surface area (Å²) >= 11 is 6.06. The Morgan fingerprint density at radius 1 is 1.06 bits per heavy atom. The minimum absolute atomic E-state index is 0.408. The molecule has 2 rings (SSSR count). The van der Waals surface area contributed by atoms with Crippen molar-refractivity contribution in [3.8, 4) is 11.5 Å². The topological polar surface area (TPSA) is 44.5 Å². The van der Waals surface area contributed by atoms with E-state index in [0.29, 0.717) is 17.3 Å². The highest BCUT2D eigenvalue weighted by Crippen LogP contribution is 2.22. The number of nitrogen functional groups attached to an aromatic ring is 1. The lowest BCUT2D eigenvalue weighted by molar-refractivity contribution is 0.305. The van der Waals surface area contributed by atoms with Gasteiger partial charge in [-0.25, -0.2) is 0 Å². The van der Waals surface area contributed by atoms with Crippen molar-refractivity contribution in [1.82, 2.24) is 0 Å². The van der Waals surface area contributed by atoms with Crippen LogP contribution in [-0.2, 0) is 6.61 Å². The van der Waals surface area contributed by atoms with Crippen molar-refractivity contribution >= 4 is 17.3 Å². The Kier molecular flexibility index (Phi) is 3.95. The molecule has 0 saturated carbocycles. The summed E-state index contributed by atoms with van der Waals surface area (Å²) in [6.45, 7) is 0.408. The van der Waals surface area contributed by atoms with E-state index >= 15 is 0 Å². The molecule has 4 heteroatoms. The highest BCUT2D eigenvalue weighted by Gasteiger charge is 2.02. The second-order valence-corrected chi connectivity index (χ2v) is 4.22. The van der Waals surface area contributed by atoms with Crippen LogP contribution in [0.25, 0.3) is 0 Å². The summed E-state index contributed by atoms with van der Waals surface area (Å²) in [7, 11) is 1.63. The van der Waals surface area contributed by atoms with Crippen molar-refractivity contribution in [2.45, 2.75) is 6.61 Å². The van der Waals surface area contributed by atoms with Gasteiger partial charge < -0.3 is 15.2 Å². The van der Waals surface area contributed by atoms with Crippen LogP contribution in [0.2, 0.25) is 5.02 Å². The SMILES string of the molecule is COc1ccc(OCc2ccc(N)cc2Cl)cc1. The van der Waals surface area contributed by atoms with Gasteiger partial charge in [-0.05, 0) is 36.4 Å². The number of nitrogens with two attached hydrogens (primary N) is 1. The number of rotatable bonds is 4. The Labute approximate surface area is 111 Å². The molecule has 2 N–H and O–H groups in total. The van der Waals surface area contributed by atoms with E-state index < -0.39 is 0 Å². The van der Waals surface area contributed by atoms with Gasteiger partial charge in [0, 0.05) is 16.3 Å². The molecule has 0 bridgehead atoms. The van der Waals surface area contributed by atoms with Crippen molar-refractivity contribution in [3.05, 3.63) is 53.1 Å². The fourth-order valence-electron chi connectivity index (χ4n) is 1.51. The maximum absolute atomic E-state index is 6.06. The molecule has 0 aliphatic heterocycles. The maximum Gasteiger partial charge on any atom is 0.120 e. The van der Waals surface area contributed by atoms with E-state index in [2.05, 4.69) is 0 Å². The molecule has 0 amide bonds. The van der Waals surface area contributed by atoms with Gasteiger partial charge in [0.25, 0.3) is 0 Å². The third-order valence-electron chi connectivity index (χ3n) is 2.53. The van der Waals surface area contributed by atoms with E-state index in [1.807, 2.05) is 30.3 Å². The van der Waals surface area contributed by atoms with Gasteiger partial charge in [-0.2, -0.15) is 0 Å². The van der Waals surface area contributed by atoms with Crippen LogP contribution in [-0.4, -0.2) is 7.11 Å². The van der Waals surface area contributed by atoms with Crippen LogP contribution < -0.4 is 15.2 Å². The fourth-order valence-corrected chi connectivity index (χ4v) is 1.76. The molecule has 0 fully saturated rings. The normalized spacial score (nSPS) is 10.1. The summed E-state index contributed by atoms with van der Waals surface area (Å²) in [6, 6.07) is 12.8. The maximum atomic E-state index is 6.06. The van der Waals surface area contributed by atoms with Gasteiger partial charge in [0.05, 0.1) is 7.11 Å². The molecule has 0 spiro atoms. The number of ether oxygens (including phenoxy) is 2. The number of anilines is 1. The minimum Gasteiger partial charge on any atom is -0.497 e. The summed E-state index contributed by atoms with van der Waals surface area (Å²) in [4.78, 5) is 0. The number of benzene rings is 2. The third kappa shape index (κ3) is 3.08. The van der Waals surface area contributed by atoms with Crippen molar-refractivity contribution in [2.24, 2.45) is 0 Å². The van der Waals surface area contributed by atoms with Crippen LogP contribution in [0.5, 0.6) is 11.5 Å². The van der Waals surface area contributed by atoms with Crippen LogP contribution in [0.1, 0.15) is 5.56 Å². The monoisotopic (exact) mass is 263 g/mol.